The molecular formula is C13H19N3O3S. The zero-order valence-electron chi connectivity index (χ0n) is 11.4. The summed E-state index contributed by atoms with van der Waals surface area (Å²) in [7, 11) is 0. The SMILES string of the molecule is CC(=O)NC(CCSCc1cncn1C1CC1)C(=O)O. The highest BCUT2D eigenvalue weighted by molar-refractivity contribution is 7.98. The summed E-state index contributed by atoms with van der Waals surface area (Å²) in [6.45, 7) is 1.33. The molecule has 1 atom stereocenters. The number of hydrogen-bond acceptors (Lipinski definition) is 4. The van der Waals surface area contributed by atoms with Gasteiger partial charge in [0.05, 0.1) is 6.33 Å². The summed E-state index contributed by atoms with van der Waals surface area (Å²) in [5.74, 6) is 0.216. The van der Waals surface area contributed by atoms with E-state index < -0.39 is 12.0 Å². The van der Waals surface area contributed by atoms with E-state index in [1.54, 1.807) is 11.8 Å². The fraction of sp³-hybridized carbons (Fsp3) is 0.615. The standard InChI is InChI=1S/C13H19N3O3S/c1-9(17)15-12(13(18)19)4-5-20-7-11-6-14-8-16(11)10-2-3-10/h6,8,10,12H,2-5,7H2,1H3,(H,15,17)(H,18,19). The molecule has 1 fully saturated rings. The van der Waals surface area contributed by atoms with Gasteiger partial charge in [-0.15, -0.1) is 0 Å². The fourth-order valence-corrected chi connectivity index (χ4v) is 2.99. The molecule has 1 unspecified atom stereocenters. The number of nitrogens with one attached hydrogen (secondary N) is 1. The molecule has 1 aliphatic rings. The summed E-state index contributed by atoms with van der Waals surface area (Å²) in [5.41, 5.74) is 1.18. The van der Waals surface area contributed by atoms with Gasteiger partial charge in [-0.05, 0) is 25.0 Å². The molecule has 6 nitrogen and oxygen atoms in total. The van der Waals surface area contributed by atoms with Crippen LogP contribution in [0.25, 0.3) is 0 Å². The van der Waals surface area contributed by atoms with Crippen molar-refractivity contribution in [3.05, 3.63) is 18.2 Å². The lowest BCUT2D eigenvalue weighted by molar-refractivity contribution is -0.141. The molecule has 0 bridgehead atoms. The van der Waals surface area contributed by atoms with E-state index in [-0.39, 0.29) is 5.91 Å². The molecule has 0 radical (unpaired) electrons. The molecule has 0 aromatic carbocycles. The van der Waals surface area contributed by atoms with Crippen LogP contribution in [0, 0.1) is 0 Å². The maximum absolute atomic E-state index is 11.0. The van der Waals surface area contributed by atoms with Crippen LogP contribution in [-0.4, -0.2) is 38.3 Å². The Kier molecular flexibility index (Phi) is 5.05. The fourth-order valence-electron chi connectivity index (χ4n) is 2.01. The Balaban J connectivity index is 1.73. The first-order valence-electron chi connectivity index (χ1n) is 6.66. The second-order valence-corrected chi connectivity index (χ2v) is 6.06. The highest BCUT2D eigenvalue weighted by atomic mass is 32.2. The van der Waals surface area contributed by atoms with Gasteiger partial charge in [-0.25, -0.2) is 9.78 Å². The molecule has 0 spiro atoms. The summed E-state index contributed by atoms with van der Waals surface area (Å²) in [6, 6.07) is -0.187. The highest BCUT2D eigenvalue weighted by Gasteiger charge is 2.25. The number of amides is 1. The lowest BCUT2D eigenvalue weighted by Crippen LogP contribution is -2.39. The van der Waals surface area contributed by atoms with Crippen LogP contribution in [-0.2, 0) is 15.3 Å². The van der Waals surface area contributed by atoms with Gasteiger partial charge in [0.2, 0.25) is 5.91 Å². The minimum absolute atomic E-state index is 0.311. The van der Waals surface area contributed by atoms with E-state index in [4.69, 9.17) is 5.11 Å². The largest absolute Gasteiger partial charge is 0.480 e. The van der Waals surface area contributed by atoms with E-state index in [0.717, 1.165) is 5.75 Å². The van der Waals surface area contributed by atoms with Crippen molar-refractivity contribution in [1.29, 1.82) is 0 Å². The van der Waals surface area contributed by atoms with Crippen LogP contribution in [0.2, 0.25) is 0 Å². The van der Waals surface area contributed by atoms with E-state index in [9.17, 15) is 9.59 Å². The Morgan fingerprint density at radius 1 is 1.60 bits per heavy atom. The van der Waals surface area contributed by atoms with Gasteiger partial charge >= 0.3 is 5.97 Å². The third kappa shape index (κ3) is 4.26. The molecule has 1 aromatic rings. The van der Waals surface area contributed by atoms with Gasteiger partial charge < -0.3 is 15.0 Å². The topological polar surface area (TPSA) is 84.2 Å². The van der Waals surface area contributed by atoms with E-state index in [0.29, 0.717) is 18.2 Å². The predicted octanol–water partition coefficient (Wildman–Crippen LogP) is 1.43. The van der Waals surface area contributed by atoms with Gasteiger partial charge in [-0.2, -0.15) is 11.8 Å². The van der Waals surface area contributed by atoms with E-state index in [1.807, 2.05) is 12.5 Å². The van der Waals surface area contributed by atoms with Crippen molar-refractivity contribution in [3.63, 3.8) is 0 Å². The lowest BCUT2D eigenvalue weighted by Gasteiger charge is -2.13. The van der Waals surface area contributed by atoms with E-state index >= 15 is 0 Å². The maximum Gasteiger partial charge on any atom is 0.326 e. The van der Waals surface area contributed by atoms with Gasteiger partial charge in [0.1, 0.15) is 6.04 Å². The van der Waals surface area contributed by atoms with Gasteiger partial charge in [0.25, 0.3) is 0 Å². The van der Waals surface area contributed by atoms with E-state index in [2.05, 4.69) is 14.9 Å². The number of carbonyl (C=O) groups excluding carboxylic acids is 1. The summed E-state index contributed by atoms with van der Waals surface area (Å²) in [5, 5.41) is 11.4. The third-order valence-corrected chi connectivity index (χ3v) is 4.19. The number of thioether (sulfide) groups is 1. The number of nitrogens with zero attached hydrogens (tertiary/aromatic N) is 2. The molecular weight excluding hydrogens is 278 g/mol. The zero-order chi connectivity index (χ0) is 14.5. The number of aliphatic carboxylic acids is 1. The van der Waals surface area contributed by atoms with Crippen molar-refractivity contribution in [3.8, 4) is 0 Å². The Morgan fingerprint density at radius 3 is 2.95 bits per heavy atom. The molecule has 7 heteroatoms. The number of aromatic nitrogens is 2. The van der Waals surface area contributed by atoms with Crippen LogP contribution in [0.4, 0.5) is 0 Å². The second kappa shape index (κ2) is 6.78. The van der Waals surface area contributed by atoms with Crippen molar-refractivity contribution >= 4 is 23.6 Å². The van der Waals surface area contributed by atoms with E-state index in [1.165, 1.54) is 25.5 Å². The number of hydrogen-bond donors (Lipinski definition) is 2. The first-order valence-corrected chi connectivity index (χ1v) is 7.81. The van der Waals surface area contributed by atoms with Crippen molar-refractivity contribution in [2.75, 3.05) is 5.75 Å². The molecule has 1 amide bonds. The van der Waals surface area contributed by atoms with Gasteiger partial charge in [-0.1, -0.05) is 0 Å². The van der Waals surface area contributed by atoms with Crippen LogP contribution in [0.1, 0.15) is 37.9 Å². The molecule has 110 valence electrons. The molecule has 0 saturated heterocycles. The molecule has 1 aliphatic carbocycles. The summed E-state index contributed by atoms with van der Waals surface area (Å²) in [4.78, 5) is 26.0. The quantitative estimate of drug-likeness (QED) is 0.709. The average molecular weight is 297 g/mol. The minimum atomic E-state index is -0.983. The molecule has 2 N–H and O–H groups in total. The van der Waals surface area contributed by atoms with Gasteiger partial charge in [0, 0.05) is 30.6 Å². The third-order valence-electron chi connectivity index (χ3n) is 3.16. The molecule has 1 heterocycles. The number of imidazole rings is 1. The smallest absolute Gasteiger partial charge is 0.326 e. The van der Waals surface area contributed by atoms with Crippen LogP contribution in [0.15, 0.2) is 12.5 Å². The van der Waals surface area contributed by atoms with Crippen LogP contribution >= 0.6 is 11.8 Å². The van der Waals surface area contributed by atoms with Gasteiger partial charge in [0.15, 0.2) is 0 Å². The first-order chi connectivity index (χ1) is 9.58. The molecule has 1 aromatic heterocycles. The van der Waals surface area contributed by atoms with Crippen molar-refractivity contribution in [1.82, 2.24) is 14.9 Å². The molecule has 0 aliphatic heterocycles. The predicted molar refractivity (Wildman–Crippen MR) is 76.5 cm³/mol. The minimum Gasteiger partial charge on any atom is -0.480 e. The second-order valence-electron chi connectivity index (χ2n) is 4.96. The number of carboxylic acid groups (broad SMARTS) is 1. The molecule has 2 rings (SSSR count). The zero-order valence-corrected chi connectivity index (χ0v) is 12.2. The van der Waals surface area contributed by atoms with Crippen molar-refractivity contribution in [2.45, 2.75) is 44.0 Å². The highest BCUT2D eigenvalue weighted by Crippen LogP contribution is 2.36. The first kappa shape index (κ1) is 14.9. The van der Waals surface area contributed by atoms with Crippen molar-refractivity contribution in [2.24, 2.45) is 0 Å². The average Bonchev–Trinajstić information content (AvgIpc) is 3.12. The van der Waals surface area contributed by atoms with Crippen LogP contribution in [0.3, 0.4) is 0 Å². The summed E-state index contributed by atoms with van der Waals surface area (Å²) >= 11 is 1.67. The number of carboxylic acids is 1. The van der Waals surface area contributed by atoms with Crippen molar-refractivity contribution < 1.29 is 14.7 Å². The Bertz CT molecular complexity index is 485. The van der Waals surface area contributed by atoms with Crippen LogP contribution < -0.4 is 5.32 Å². The molecule has 1 saturated carbocycles. The maximum atomic E-state index is 11.0. The Hall–Kier alpha value is -1.50. The number of carbonyl (C=O) groups is 2. The Morgan fingerprint density at radius 2 is 2.35 bits per heavy atom. The Labute approximate surface area is 122 Å². The summed E-state index contributed by atoms with van der Waals surface area (Å²) in [6.07, 6.45) is 6.60. The molecule has 20 heavy (non-hydrogen) atoms. The monoisotopic (exact) mass is 297 g/mol. The van der Waals surface area contributed by atoms with Crippen LogP contribution in [0.5, 0.6) is 0 Å². The van der Waals surface area contributed by atoms with Gasteiger partial charge in [-0.3, -0.25) is 4.79 Å². The summed E-state index contributed by atoms with van der Waals surface area (Å²) < 4.78 is 2.20. The number of rotatable bonds is 8. The lowest BCUT2D eigenvalue weighted by atomic mass is 10.2. The normalized spacial score (nSPS) is 15.8.